The zero-order valence-electron chi connectivity index (χ0n) is 9.27. The first-order valence-corrected chi connectivity index (χ1v) is 6.30. The number of nitriles is 1. The van der Waals surface area contributed by atoms with Crippen LogP contribution in [0.3, 0.4) is 0 Å². The molecular weight excluding hydrogens is 210 g/mol. The standard InChI is InChI=1S/C10H17N3OS/c1-13(10(15-2)12-8-11)5-6-14-7-9-3-4-9/h9H,3-7H2,1-2H3. The van der Waals surface area contributed by atoms with E-state index in [2.05, 4.69) is 4.99 Å². The SMILES string of the molecule is CSC(=NC#N)N(C)CCOCC1CC1. The lowest BCUT2D eigenvalue weighted by molar-refractivity contribution is 0.116. The molecular formula is C10H17N3OS. The molecule has 84 valence electrons. The molecule has 0 amide bonds. The highest BCUT2D eigenvalue weighted by Gasteiger charge is 2.21. The van der Waals surface area contributed by atoms with E-state index in [0.717, 1.165) is 24.2 Å². The number of nitrogens with zero attached hydrogens (tertiary/aromatic N) is 3. The molecule has 1 saturated carbocycles. The summed E-state index contributed by atoms with van der Waals surface area (Å²) in [5, 5.41) is 9.20. The van der Waals surface area contributed by atoms with Crippen LogP contribution in [0.4, 0.5) is 0 Å². The molecule has 0 atom stereocenters. The number of rotatable bonds is 5. The lowest BCUT2D eigenvalue weighted by atomic mass is 10.5. The zero-order chi connectivity index (χ0) is 11.1. The molecule has 0 aromatic rings. The first-order chi connectivity index (χ1) is 7.27. The van der Waals surface area contributed by atoms with Gasteiger partial charge in [-0.3, -0.25) is 0 Å². The van der Waals surface area contributed by atoms with Crippen LogP contribution < -0.4 is 0 Å². The van der Waals surface area contributed by atoms with Crippen molar-refractivity contribution in [1.82, 2.24) is 4.90 Å². The fraction of sp³-hybridized carbons (Fsp3) is 0.800. The molecule has 0 aromatic carbocycles. The minimum Gasteiger partial charge on any atom is -0.379 e. The van der Waals surface area contributed by atoms with E-state index < -0.39 is 0 Å². The number of thioether (sulfide) groups is 1. The molecule has 0 heterocycles. The van der Waals surface area contributed by atoms with Crippen molar-refractivity contribution in [2.45, 2.75) is 12.8 Å². The number of amidine groups is 1. The van der Waals surface area contributed by atoms with Gasteiger partial charge in [-0.2, -0.15) is 5.26 Å². The van der Waals surface area contributed by atoms with Crippen LogP contribution >= 0.6 is 11.8 Å². The van der Waals surface area contributed by atoms with Crippen molar-refractivity contribution in [2.75, 3.05) is 33.1 Å². The lowest BCUT2D eigenvalue weighted by Gasteiger charge is -2.18. The van der Waals surface area contributed by atoms with Crippen LogP contribution in [0.5, 0.6) is 0 Å². The molecule has 0 N–H and O–H groups in total. The Bertz CT molecular complexity index is 258. The third-order valence-corrected chi connectivity index (χ3v) is 3.04. The van der Waals surface area contributed by atoms with Gasteiger partial charge in [0.05, 0.1) is 6.61 Å². The molecule has 0 aliphatic heterocycles. The molecule has 4 nitrogen and oxygen atoms in total. The van der Waals surface area contributed by atoms with Gasteiger partial charge in [-0.15, -0.1) is 4.99 Å². The molecule has 1 rings (SSSR count). The Kier molecular flexibility index (Phi) is 5.51. The number of hydrogen-bond acceptors (Lipinski definition) is 4. The number of ether oxygens (including phenoxy) is 1. The second kappa shape index (κ2) is 6.70. The van der Waals surface area contributed by atoms with Crippen LogP contribution in [0, 0.1) is 17.4 Å². The molecule has 0 saturated heterocycles. The summed E-state index contributed by atoms with van der Waals surface area (Å²) in [4.78, 5) is 5.67. The van der Waals surface area contributed by atoms with Crippen molar-refractivity contribution in [3.63, 3.8) is 0 Å². The first-order valence-electron chi connectivity index (χ1n) is 5.07. The fourth-order valence-electron chi connectivity index (χ4n) is 1.16. The molecule has 0 aromatic heterocycles. The van der Waals surface area contributed by atoms with E-state index in [4.69, 9.17) is 10.00 Å². The van der Waals surface area contributed by atoms with Crippen LogP contribution in [-0.4, -0.2) is 43.1 Å². The van der Waals surface area contributed by atoms with Gasteiger partial charge < -0.3 is 9.64 Å². The van der Waals surface area contributed by atoms with Crippen molar-refractivity contribution in [3.8, 4) is 6.19 Å². The maximum Gasteiger partial charge on any atom is 0.208 e. The van der Waals surface area contributed by atoms with Crippen LogP contribution in [0.1, 0.15) is 12.8 Å². The normalized spacial score (nSPS) is 16.2. The second-order valence-electron chi connectivity index (χ2n) is 3.64. The lowest BCUT2D eigenvalue weighted by Crippen LogP contribution is -2.28. The number of aliphatic imine (C=N–C) groups is 1. The van der Waals surface area contributed by atoms with Crippen LogP contribution in [0.25, 0.3) is 0 Å². The van der Waals surface area contributed by atoms with Gasteiger partial charge in [-0.1, -0.05) is 11.8 Å². The Hall–Kier alpha value is -0.730. The molecule has 1 aliphatic carbocycles. The van der Waals surface area contributed by atoms with Gasteiger partial charge in [0.2, 0.25) is 6.19 Å². The summed E-state index contributed by atoms with van der Waals surface area (Å²) >= 11 is 1.48. The van der Waals surface area contributed by atoms with Gasteiger partial charge in [0, 0.05) is 20.2 Å². The molecule has 1 fully saturated rings. The predicted octanol–water partition coefficient (Wildman–Crippen LogP) is 1.54. The van der Waals surface area contributed by atoms with E-state index in [1.807, 2.05) is 18.2 Å². The topological polar surface area (TPSA) is 48.6 Å². The van der Waals surface area contributed by atoms with E-state index in [-0.39, 0.29) is 0 Å². The van der Waals surface area contributed by atoms with Crippen LogP contribution in [-0.2, 0) is 4.74 Å². The van der Waals surface area contributed by atoms with E-state index in [0.29, 0.717) is 6.61 Å². The van der Waals surface area contributed by atoms with E-state index in [1.165, 1.54) is 24.6 Å². The summed E-state index contributed by atoms with van der Waals surface area (Å²) in [6.07, 6.45) is 6.36. The van der Waals surface area contributed by atoms with Gasteiger partial charge in [0.15, 0.2) is 5.17 Å². The van der Waals surface area contributed by atoms with Crippen molar-refractivity contribution >= 4 is 16.9 Å². The Morgan fingerprint density at radius 2 is 2.40 bits per heavy atom. The average molecular weight is 227 g/mol. The maximum atomic E-state index is 8.46. The van der Waals surface area contributed by atoms with Gasteiger partial charge in [-0.25, -0.2) is 0 Å². The molecule has 0 unspecified atom stereocenters. The number of likely N-dealkylation sites (N-methyl/N-ethyl adjacent to an activating group) is 1. The average Bonchev–Trinajstić information content (AvgIpc) is 3.04. The third-order valence-electron chi connectivity index (χ3n) is 2.28. The highest BCUT2D eigenvalue weighted by molar-refractivity contribution is 8.13. The molecule has 0 spiro atoms. The van der Waals surface area contributed by atoms with Gasteiger partial charge in [0.25, 0.3) is 0 Å². The summed E-state index contributed by atoms with van der Waals surface area (Å²) in [7, 11) is 1.92. The third kappa shape index (κ3) is 5.05. The monoisotopic (exact) mass is 227 g/mol. The van der Waals surface area contributed by atoms with E-state index in [9.17, 15) is 0 Å². The summed E-state index contributed by atoms with van der Waals surface area (Å²) in [5.41, 5.74) is 0. The summed E-state index contributed by atoms with van der Waals surface area (Å²) in [5.74, 6) is 0.808. The van der Waals surface area contributed by atoms with Gasteiger partial charge >= 0.3 is 0 Å². The highest BCUT2D eigenvalue weighted by Crippen LogP contribution is 2.28. The summed E-state index contributed by atoms with van der Waals surface area (Å²) in [6.45, 7) is 2.38. The molecule has 1 aliphatic rings. The predicted molar refractivity (Wildman–Crippen MR) is 62.7 cm³/mol. The Morgan fingerprint density at radius 1 is 1.67 bits per heavy atom. The second-order valence-corrected chi connectivity index (χ2v) is 4.41. The Labute approximate surface area is 95.3 Å². The summed E-state index contributed by atoms with van der Waals surface area (Å²) in [6, 6.07) is 0. The minimum atomic E-state index is 0.706. The van der Waals surface area contributed by atoms with Gasteiger partial charge in [0.1, 0.15) is 0 Å². The largest absolute Gasteiger partial charge is 0.379 e. The summed E-state index contributed by atoms with van der Waals surface area (Å²) < 4.78 is 5.51. The minimum absolute atomic E-state index is 0.706. The fourth-order valence-corrected chi connectivity index (χ4v) is 1.70. The van der Waals surface area contributed by atoms with Crippen molar-refractivity contribution in [2.24, 2.45) is 10.9 Å². The first kappa shape index (κ1) is 12.3. The van der Waals surface area contributed by atoms with Gasteiger partial charge in [-0.05, 0) is 25.0 Å². The Morgan fingerprint density at radius 3 is 2.93 bits per heavy atom. The van der Waals surface area contributed by atoms with Crippen LogP contribution in [0.15, 0.2) is 4.99 Å². The van der Waals surface area contributed by atoms with Crippen molar-refractivity contribution in [1.29, 1.82) is 5.26 Å². The van der Waals surface area contributed by atoms with Crippen LogP contribution in [0.2, 0.25) is 0 Å². The molecule has 5 heteroatoms. The van der Waals surface area contributed by atoms with Crippen molar-refractivity contribution in [3.05, 3.63) is 0 Å². The zero-order valence-corrected chi connectivity index (χ0v) is 10.1. The smallest absolute Gasteiger partial charge is 0.208 e. The van der Waals surface area contributed by atoms with Crippen molar-refractivity contribution < 1.29 is 4.74 Å². The quantitative estimate of drug-likeness (QED) is 0.309. The molecule has 15 heavy (non-hydrogen) atoms. The molecule has 0 bridgehead atoms. The number of hydrogen-bond donors (Lipinski definition) is 0. The van der Waals surface area contributed by atoms with E-state index in [1.54, 1.807) is 6.19 Å². The maximum absolute atomic E-state index is 8.46. The van der Waals surface area contributed by atoms with E-state index >= 15 is 0 Å². The molecule has 0 radical (unpaired) electrons. The Balaban J connectivity index is 2.12. The highest BCUT2D eigenvalue weighted by atomic mass is 32.2.